The lowest BCUT2D eigenvalue weighted by molar-refractivity contribution is 0.946. The molecule has 2 aromatic carbocycles. The van der Waals surface area contributed by atoms with Crippen LogP contribution in [0.5, 0.6) is 0 Å². The molecule has 1 nitrogen and oxygen atoms in total. The van der Waals surface area contributed by atoms with Crippen molar-refractivity contribution in [3.8, 4) is 0 Å². The van der Waals surface area contributed by atoms with Gasteiger partial charge in [-0.2, -0.15) is 0 Å². The standard InChI is InChI=1S/C14H12BrN/c15-14-10-11-6-4-5-9-13(11)16(14)12-7-2-1-3-8-12/h1-9,14H,10H2. The maximum atomic E-state index is 3.75. The minimum absolute atomic E-state index is 0.368. The first kappa shape index (κ1) is 9.91. The fourth-order valence-corrected chi connectivity index (χ4v) is 3.04. The van der Waals surface area contributed by atoms with Gasteiger partial charge in [0.1, 0.15) is 0 Å². The summed E-state index contributed by atoms with van der Waals surface area (Å²) in [4.78, 5) is 2.71. The first-order valence-electron chi connectivity index (χ1n) is 5.42. The van der Waals surface area contributed by atoms with Gasteiger partial charge in [-0.1, -0.05) is 52.3 Å². The van der Waals surface area contributed by atoms with Gasteiger partial charge in [0.05, 0.1) is 4.95 Å². The third-order valence-corrected chi connectivity index (χ3v) is 3.69. The van der Waals surface area contributed by atoms with E-state index in [9.17, 15) is 0 Å². The largest absolute Gasteiger partial charge is 0.328 e. The molecule has 1 heterocycles. The lowest BCUT2D eigenvalue weighted by Gasteiger charge is -2.23. The number of fused-ring (bicyclic) bond motifs is 1. The molecule has 0 bridgehead atoms. The van der Waals surface area contributed by atoms with E-state index in [0.717, 1.165) is 6.42 Å². The summed E-state index contributed by atoms with van der Waals surface area (Å²) in [5.41, 5.74) is 3.97. The number of anilines is 2. The predicted molar refractivity (Wildman–Crippen MR) is 71.4 cm³/mol. The molecule has 1 atom stereocenters. The van der Waals surface area contributed by atoms with Gasteiger partial charge in [0.15, 0.2) is 0 Å². The van der Waals surface area contributed by atoms with Crippen molar-refractivity contribution in [2.24, 2.45) is 0 Å². The van der Waals surface area contributed by atoms with E-state index in [2.05, 4.69) is 75.4 Å². The first-order valence-corrected chi connectivity index (χ1v) is 6.34. The van der Waals surface area contributed by atoms with Crippen molar-refractivity contribution in [2.45, 2.75) is 11.4 Å². The van der Waals surface area contributed by atoms with Gasteiger partial charge in [-0.05, 0) is 23.8 Å². The van der Waals surface area contributed by atoms with E-state index in [1.165, 1.54) is 16.9 Å². The molecule has 0 saturated carbocycles. The molecule has 16 heavy (non-hydrogen) atoms. The first-order chi connectivity index (χ1) is 7.86. The van der Waals surface area contributed by atoms with Crippen molar-refractivity contribution >= 4 is 27.3 Å². The number of nitrogens with zero attached hydrogens (tertiary/aromatic N) is 1. The molecule has 0 saturated heterocycles. The van der Waals surface area contributed by atoms with Crippen LogP contribution in [-0.2, 0) is 6.42 Å². The molecule has 0 amide bonds. The highest BCUT2D eigenvalue weighted by Crippen LogP contribution is 2.39. The van der Waals surface area contributed by atoms with Crippen LogP contribution < -0.4 is 4.90 Å². The van der Waals surface area contributed by atoms with Gasteiger partial charge in [0, 0.05) is 17.8 Å². The van der Waals surface area contributed by atoms with Crippen molar-refractivity contribution < 1.29 is 0 Å². The molecule has 0 fully saturated rings. The minimum atomic E-state index is 0.368. The SMILES string of the molecule is BrC1Cc2ccccc2N1c1ccccc1. The number of alkyl halides is 1. The number of benzene rings is 2. The molecule has 80 valence electrons. The second kappa shape index (κ2) is 3.95. The number of hydrogen-bond donors (Lipinski definition) is 0. The zero-order valence-corrected chi connectivity index (χ0v) is 10.4. The highest BCUT2D eigenvalue weighted by atomic mass is 79.9. The molecular weight excluding hydrogens is 262 g/mol. The third kappa shape index (κ3) is 1.54. The number of halogens is 1. The van der Waals surface area contributed by atoms with Crippen molar-refractivity contribution in [1.29, 1.82) is 0 Å². The Kier molecular flexibility index (Phi) is 2.44. The Bertz CT molecular complexity index is 495. The van der Waals surface area contributed by atoms with E-state index >= 15 is 0 Å². The second-order valence-electron chi connectivity index (χ2n) is 3.97. The summed E-state index contributed by atoms with van der Waals surface area (Å²) in [6, 6.07) is 19.1. The lowest BCUT2D eigenvalue weighted by Crippen LogP contribution is -2.20. The van der Waals surface area contributed by atoms with Crippen LogP contribution in [0.3, 0.4) is 0 Å². The van der Waals surface area contributed by atoms with Crippen molar-refractivity contribution in [2.75, 3.05) is 4.90 Å². The molecule has 0 radical (unpaired) electrons. The monoisotopic (exact) mass is 273 g/mol. The fraction of sp³-hybridized carbons (Fsp3) is 0.143. The molecule has 0 spiro atoms. The van der Waals surface area contributed by atoms with Crippen LogP contribution in [-0.4, -0.2) is 4.95 Å². The molecule has 1 unspecified atom stereocenters. The maximum absolute atomic E-state index is 3.75. The normalized spacial score (nSPS) is 18.6. The van der Waals surface area contributed by atoms with Crippen molar-refractivity contribution in [3.63, 3.8) is 0 Å². The molecule has 0 aliphatic carbocycles. The summed E-state index contributed by atoms with van der Waals surface area (Å²) in [6.07, 6.45) is 1.06. The van der Waals surface area contributed by atoms with E-state index in [1.807, 2.05) is 0 Å². The topological polar surface area (TPSA) is 3.24 Å². The van der Waals surface area contributed by atoms with Crippen LogP contribution in [0.1, 0.15) is 5.56 Å². The Hall–Kier alpha value is -1.28. The van der Waals surface area contributed by atoms with E-state index in [1.54, 1.807) is 0 Å². The van der Waals surface area contributed by atoms with Gasteiger partial charge in [0.2, 0.25) is 0 Å². The predicted octanol–water partition coefficient (Wildman–Crippen LogP) is 4.10. The third-order valence-electron chi connectivity index (χ3n) is 2.95. The van der Waals surface area contributed by atoms with Gasteiger partial charge in [-0.15, -0.1) is 0 Å². The lowest BCUT2D eigenvalue weighted by atomic mass is 10.2. The van der Waals surface area contributed by atoms with Crippen molar-refractivity contribution in [3.05, 3.63) is 60.2 Å². The van der Waals surface area contributed by atoms with Crippen LogP contribution in [0.25, 0.3) is 0 Å². The van der Waals surface area contributed by atoms with E-state index in [0.29, 0.717) is 4.95 Å². The average Bonchev–Trinajstić information content (AvgIpc) is 2.66. The summed E-state index contributed by atoms with van der Waals surface area (Å²) in [5.74, 6) is 0. The van der Waals surface area contributed by atoms with Gasteiger partial charge >= 0.3 is 0 Å². The number of hydrogen-bond acceptors (Lipinski definition) is 1. The van der Waals surface area contributed by atoms with Gasteiger partial charge < -0.3 is 4.90 Å². The second-order valence-corrected chi connectivity index (χ2v) is 5.03. The summed E-state index contributed by atoms with van der Waals surface area (Å²) >= 11 is 3.75. The minimum Gasteiger partial charge on any atom is -0.328 e. The Morgan fingerprint density at radius 2 is 1.62 bits per heavy atom. The van der Waals surface area contributed by atoms with Crippen LogP contribution in [0.4, 0.5) is 11.4 Å². The summed E-state index contributed by atoms with van der Waals surface area (Å²) in [7, 11) is 0. The molecule has 2 aromatic rings. The summed E-state index contributed by atoms with van der Waals surface area (Å²) < 4.78 is 0. The molecule has 1 aliphatic rings. The molecule has 1 aliphatic heterocycles. The van der Waals surface area contributed by atoms with E-state index < -0.39 is 0 Å². The zero-order chi connectivity index (χ0) is 11.0. The van der Waals surface area contributed by atoms with Gasteiger partial charge in [0.25, 0.3) is 0 Å². The summed E-state index contributed by atoms with van der Waals surface area (Å²) in [5, 5.41) is 0. The Morgan fingerprint density at radius 3 is 2.44 bits per heavy atom. The van der Waals surface area contributed by atoms with Crippen LogP contribution >= 0.6 is 15.9 Å². The van der Waals surface area contributed by atoms with Gasteiger partial charge in [-0.3, -0.25) is 0 Å². The highest BCUT2D eigenvalue weighted by Gasteiger charge is 2.27. The quantitative estimate of drug-likeness (QED) is 0.559. The Morgan fingerprint density at radius 1 is 0.938 bits per heavy atom. The Labute approximate surface area is 104 Å². The van der Waals surface area contributed by atoms with Crippen molar-refractivity contribution in [1.82, 2.24) is 0 Å². The molecule has 0 aromatic heterocycles. The van der Waals surface area contributed by atoms with Crippen LogP contribution in [0.15, 0.2) is 54.6 Å². The summed E-state index contributed by atoms with van der Waals surface area (Å²) in [6.45, 7) is 0. The smallest absolute Gasteiger partial charge is 0.0935 e. The number of para-hydroxylation sites is 2. The molecular formula is C14H12BrN. The van der Waals surface area contributed by atoms with E-state index in [4.69, 9.17) is 0 Å². The average molecular weight is 274 g/mol. The highest BCUT2D eigenvalue weighted by molar-refractivity contribution is 9.09. The Balaban J connectivity index is 2.09. The van der Waals surface area contributed by atoms with Gasteiger partial charge in [-0.25, -0.2) is 0 Å². The fourth-order valence-electron chi connectivity index (χ4n) is 2.23. The van der Waals surface area contributed by atoms with E-state index in [-0.39, 0.29) is 0 Å². The van der Waals surface area contributed by atoms with Crippen LogP contribution in [0, 0.1) is 0 Å². The molecule has 3 rings (SSSR count). The molecule has 0 N–H and O–H groups in total. The zero-order valence-electron chi connectivity index (χ0n) is 8.81. The molecule has 2 heteroatoms. The number of rotatable bonds is 1. The maximum Gasteiger partial charge on any atom is 0.0935 e. The van der Waals surface area contributed by atoms with Crippen LogP contribution in [0.2, 0.25) is 0 Å².